The van der Waals surface area contributed by atoms with Crippen LogP contribution in [0.2, 0.25) is 0 Å². The zero-order valence-corrected chi connectivity index (χ0v) is 11.3. The standard InChI is InChI=1S/C14H8F3N3O3/c15-14(16,17)23-10-4-5-11-12(7-10)19-13(18-11)8-2-1-3-9(6-8)20(21)22/h1-7H,(H,18,19). The number of aromatic amines is 1. The fraction of sp³-hybridized carbons (Fsp3) is 0.0714. The summed E-state index contributed by atoms with van der Waals surface area (Å²) in [6, 6.07) is 9.46. The SMILES string of the molecule is O=[N+]([O-])c1cccc(-c2nc3cc(OC(F)(F)F)ccc3[nH]2)c1. The Labute approximate surface area is 126 Å². The smallest absolute Gasteiger partial charge is 0.406 e. The Balaban J connectivity index is 2.00. The van der Waals surface area contributed by atoms with E-state index in [1.807, 2.05) is 0 Å². The Morgan fingerprint density at radius 3 is 2.65 bits per heavy atom. The molecule has 0 fully saturated rings. The quantitative estimate of drug-likeness (QED) is 0.582. The van der Waals surface area contributed by atoms with Gasteiger partial charge < -0.3 is 9.72 Å². The van der Waals surface area contributed by atoms with E-state index in [4.69, 9.17) is 0 Å². The molecular formula is C14H8F3N3O3. The number of non-ortho nitro benzene ring substituents is 1. The van der Waals surface area contributed by atoms with Crippen molar-refractivity contribution >= 4 is 16.7 Å². The highest BCUT2D eigenvalue weighted by Crippen LogP contribution is 2.28. The number of nitrogens with one attached hydrogen (secondary N) is 1. The lowest BCUT2D eigenvalue weighted by molar-refractivity contribution is -0.384. The Kier molecular flexibility index (Phi) is 3.40. The molecule has 0 amide bonds. The molecule has 0 saturated carbocycles. The van der Waals surface area contributed by atoms with E-state index in [9.17, 15) is 23.3 Å². The van der Waals surface area contributed by atoms with Crippen LogP contribution in [0.4, 0.5) is 18.9 Å². The summed E-state index contributed by atoms with van der Waals surface area (Å²) in [6.45, 7) is 0. The maximum Gasteiger partial charge on any atom is 0.573 e. The predicted octanol–water partition coefficient (Wildman–Crippen LogP) is 4.04. The maximum atomic E-state index is 12.2. The Bertz CT molecular complexity index is 890. The van der Waals surface area contributed by atoms with Crippen molar-refractivity contribution in [3.05, 3.63) is 52.6 Å². The van der Waals surface area contributed by atoms with Gasteiger partial charge in [-0.1, -0.05) is 12.1 Å². The van der Waals surface area contributed by atoms with Crippen molar-refractivity contribution in [1.82, 2.24) is 9.97 Å². The molecule has 9 heteroatoms. The Morgan fingerprint density at radius 2 is 1.96 bits per heavy atom. The topological polar surface area (TPSA) is 81.1 Å². The van der Waals surface area contributed by atoms with Crippen LogP contribution in [0.1, 0.15) is 0 Å². The third kappa shape index (κ3) is 3.23. The minimum atomic E-state index is -4.78. The molecule has 118 valence electrons. The highest BCUT2D eigenvalue weighted by Gasteiger charge is 2.31. The van der Waals surface area contributed by atoms with Gasteiger partial charge in [-0.05, 0) is 12.1 Å². The highest BCUT2D eigenvalue weighted by atomic mass is 19.4. The Morgan fingerprint density at radius 1 is 1.17 bits per heavy atom. The van der Waals surface area contributed by atoms with Gasteiger partial charge in [0.1, 0.15) is 11.6 Å². The van der Waals surface area contributed by atoms with Gasteiger partial charge in [0.2, 0.25) is 0 Å². The van der Waals surface area contributed by atoms with Crippen molar-refractivity contribution in [2.24, 2.45) is 0 Å². The lowest BCUT2D eigenvalue weighted by atomic mass is 10.2. The second-order valence-electron chi connectivity index (χ2n) is 4.62. The average Bonchev–Trinajstić information content (AvgIpc) is 2.89. The molecule has 3 aromatic rings. The third-order valence-electron chi connectivity index (χ3n) is 3.02. The minimum Gasteiger partial charge on any atom is -0.406 e. The van der Waals surface area contributed by atoms with E-state index in [0.717, 1.165) is 12.1 Å². The van der Waals surface area contributed by atoms with Crippen LogP contribution in [0.25, 0.3) is 22.4 Å². The van der Waals surface area contributed by atoms with E-state index in [1.165, 1.54) is 24.3 Å². The van der Waals surface area contributed by atoms with Gasteiger partial charge in [0, 0.05) is 23.8 Å². The summed E-state index contributed by atoms with van der Waals surface area (Å²) < 4.78 is 40.5. The summed E-state index contributed by atoms with van der Waals surface area (Å²) >= 11 is 0. The molecule has 0 aliphatic heterocycles. The molecule has 0 spiro atoms. The van der Waals surface area contributed by atoms with E-state index in [2.05, 4.69) is 14.7 Å². The molecule has 3 rings (SSSR count). The van der Waals surface area contributed by atoms with Gasteiger partial charge in [-0.2, -0.15) is 0 Å². The number of rotatable bonds is 3. The molecule has 23 heavy (non-hydrogen) atoms. The number of imidazole rings is 1. The number of ether oxygens (including phenoxy) is 1. The zero-order chi connectivity index (χ0) is 16.6. The minimum absolute atomic E-state index is 0.107. The van der Waals surface area contributed by atoms with Gasteiger partial charge in [0.15, 0.2) is 0 Å². The summed E-state index contributed by atoms with van der Waals surface area (Å²) in [4.78, 5) is 17.3. The second-order valence-corrected chi connectivity index (χ2v) is 4.62. The summed E-state index contributed by atoms with van der Waals surface area (Å²) in [5.41, 5.74) is 1.09. The number of hydrogen-bond acceptors (Lipinski definition) is 4. The van der Waals surface area contributed by atoms with Crippen LogP contribution in [0.3, 0.4) is 0 Å². The van der Waals surface area contributed by atoms with Crippen molar-refractivity contribution in [1.29, 1.82) is 0 Å². The number of alkyl halides is 3. The first-order chi connectivity index (χ1) is 10.8. The summed E-state index contributed by atoms with van der Waals surface area (Å²) in [5.74, 6) is -0.0741. The summed E-state index contributed by atoms with van der Waals surface area (Å²) in [5, 5.41) is 10.8. The fourth-order valence-electron chi connectivity index (χ4n) is 2.09. The van der Waals surface area contributed by atoms with Gasteiger partial charge in [0.25, 0.3) is 5.69 Å². The van der Waals surface area contributed by atoms with E-state index >= 15 is 0 Å². The molecule has 0 atom stereocenters. The van der Waals surface area contributed by atoms with Crippen LogP contribution >= 0.6 is 0 Å². The molecule has 1 aromatic heterocycles. The van der Waals surface area contributed by atoms with Crippen LogP contribution in [-0.2, 0) is 0 Å². The van der Waals surface area contributed by atoms with E-state index in [-0.39, 0.29) is 17.0 Å². The van der Waals surface area contributed by atoms with Gasteiger partial charge in [0.05, 0.1) is 16.0 Å². The van der Waals surface area contributed by atoms with Crippen LogP contribution in [-0.4, -0.2) is 21.3 Å². The first-order valence-electron chi connectivity index (χ1n) is 6.32. The second kappa shape index (κ2) is 5.27. The monoisotopic (exact) mass is 323 g/mol. The lowest BCUT2D eigenvalue weighted by Crippen LogP contribution is -2.16. The van der Waals surface area contributed by atoms with Gasteiger partial charge in [-0.3, -0.25) is 10.1 Å². The molecule has 0 aliphatic carbocycles. The molecule has 6 nitrogen and oxygen atoms in total. The van der Waals surface area contributed by atoms with Gasteiger partial charge in [-0.25, -0.2) is 4.98 Å². The molecule has 0 unspecified atom stereocenters. The van der Waals surface area contributed by atoms with Crippen molar-refractivity contribution in [2.45, 2.75) is 6.36 Å². The largest absolute Gasteiger partial charge is 0.573 e. The average molecular weight is 323 g/mol. The van der Waals surface area contributed by atoms with Crippen LogP contribution in [0.15, 0.2) is 42.5 Å². The van der Waals surface area contributed by atoms with Crippen molar-refractivity contribution < 1.29 is 22.8 Å². The predicted molar refractivity (Wildman–Crippen MR) is 74.9 cm³/mol. The number of nitrogens with zero attached hydrogens (tertiary/aromatic N) is 2. The zero-order valence-electron chi connectivity index (χ0n) is 11.3. The number of H-pyrrole nitrogens is 1. The number of halogens is 3. The third-order valence-corrected chi connectivity index (χ3v) is 3.02. The van der Waals surface area contributed by atoms with Crippen LogP contribution < -0.4 is 4.74 Å². The lowest BCUT2D eigenvalue weighted by Gasteiger charge is -2.07. The molecule has 1 heterocycles. The first-order valence-corrected chi connectivity index (χ1v) is 6.32. The van der Waals surface area contributed by atoms with E-state index < -0.39 is 11.3 Å². The first kappa shape index (κ1) is 14.8. The van der Waals surface area contributed by atoms with Gasteiger partial charge in [-0.15, -0.1) is 13.2 Å². The van der Waals surface area contributed by atoms with E-state index in [1.54, 1.807) is 6.07 Å². The van der Waals surface area contributed by atoms with Crippen molar-refractivity contribution in [3.63, 3.8) is 0 Å². The molecule has 2 aromatic carbocycles. The van der Waals surface area contributed by atoms with Crippen molar-refractivity contribution in [3.8, 4) is 17.1 Å². The molecule has 0 aliphatic rings. The molecule has 0 radical (unpaired) electrons. The molecule has 1 N–H and O–H groups in total. The van der Waals surface area contributed by atoms with Crippen LogP contribution in [0.5, 0.6) is 5.75 Å². The number of aromatic nitrogens is 2. The fourth-order valence-corrected chi connectivity index (χ4v) is 2.09. The maximum absolute atomic E-state index is 12.2. The molecular weight excluding hydrogens is 315 g/mol. The number of nitro benzene ring substituents is 1. The van der Waals surface area contributed by atoms with Crippen molar-refractivity contribution in [2.75, 3.05) is 0 Å². The number of nitro groups is 1. The highest BCUT2D eigenvalue weighted by molar-refractivity contribution is 5.81. The number of fused-ring (bicyclic) bond motifs is 1. The normalized spacial score (nSPS) is 11.6. The molecule has 0 bridgehead atoms. The van der Waals surface area contributed by atoms with E-state index in [0.29, 0.717) is 16.9 Å². The summed E-state index contributed by atoms with van der Waals surface area (Å²) in [7, 11) is 0. The molecule has 0 saturated heterocycles. The van der Waals surface area contributed by atoms with Gasteiger partial charge >= 0.3 is 6.36 Å². The summed E-state index contributed by atoms with van der Waals surface area (Å²) in [6.07, 6.45) is -4.78. The Hall–Kier alpha value is -3.10. The van der Waals surface area contributed by atoms with Crippen LogP contribution in [0, 0.1) is 10.1 Å². The number of benzene rings is 2. The number of hydrogen-bond donors (Lipinski definition) is 1.